The molecule has 2 aromatic rings. The molecule has 6 heteroatoms. The normalized spacial score (nSPS) is 10.2. The molecule has 56 valence electrons. The van der Waals surface area contributed by atoms with Gasteiger partial charge in [-0.05, 0) is 10.4 Å². The Kier molecular flexibility index (Phi) is 1.36. The molecule has 0 fully saturated rings. The summed E-state index contributed by atoms with van der Waals surface area (Å²) in [7, 11) is 0. The Labute approximate surface area is 61.9 Å². The van der Waals surface area contributed by atoms with E-state index in [9.17, 15) is 0 Å². The van der Waals surface area contributed by atoms with Gasteiger partial charge in [-0.3, -0.25) is 0 Å². The predicted octanol–water partition coefficient (Wildman–Crippen LogP) is -0.291. The summed E-state index contributed by atoms with van der Waals surface area (Å²) in [5.74, 6) is 0.595. The summed E-state index contributed by atoms with van der Waals surface area (Å²) in [5, 5.41) is 10.6. The van der Waals surface area contributed by atoms with Crippen LogP contribution in [0.5, 0.6) is 0 Å². The van der Waals surface area contributed by atoms with Crippen LogP contribution in [-0.4, -0.2) is 25.2 Å². The first kappa shape index (κ1) is 6.02. The number of aromatic nitrogens is 5. The van der Waals surface area contributed by atoms with Gasteiger partial charge >= 0.3 is 0 Å². The molecule has 0 atom stereocenters. The van der Waals surface area contributed by atoms with E-state index >= 15 is 0 Å². The zero-order valence-corrected chi connectivity index (χ0v) is 5.58. The van der Waals surface area contributed by atoms with Crippen molar-refractivity contribution >= 4 is 0 Å². The van der Waals surface area contributed by atoms with Crippen molar-refractivity contribution in [1.82, 2.24) is 25.2 Å². The van der Waals surface area contributed by atoms with Crippen molar-refractivity contribution in [1.29, 1.82) is 0 Å². The molecule has 6 nitrogen and oxygen atoms in total. The van der Waals surface area contributed by atoms with Gasteiger partial charge in [0.05, 0.1) is 6.20 Å². The molecule has 2 rings (SSSR count). The fraction of sp³-hybridized carbons (Fsp3) is 0.200. The standard InChI is InChI=1S/C5H5N5O/c1-2-11-5(6-1)3-10-4-7-8-9-10/h1-2,4H,3H2. The van der Waals surface area contributed by atoms with Crippen LogP contribution in [-0.2, 0) is 6.54 Å². The van der Waals surface area contributed by atoms with Gasteiger partial charge in [0.25, 0.3) is 0 Å². The third-order valence-corrected chi connectivity index (χ3v) is 1.17. The van der Waals surface area contributed by atoms with E-state index in [4.69, 9.17) is 4.42 Å². The number of rotatable bonds is 2. The summed E-state index contributed by atoms with van der Waals surface area (Å²) in [6.07, 6.45) is 4.60. The number of tetrazole rings is 1. The first-order chi connectivity index (χ1) is 5.45. The highest BCUT2D eigenvalue weighted by Crippen LogP contribution is 1.95. The summed E-state index contributed by atoms with van der Waals surface area (Å²) in [6.45, 7) is 0.472. The molecule has 0 aliphatic rings. The molecular formula is C5H5N5O. The molecular weight excluding hydrogens is 146 g/mol. The smallest absolute Gasteiger partial charge is 0.215 e. The minimum atomic E-state index is 0.472. The molecule has 11 heavy (non-hydrogen) atoms. The van der Waals surface area contributed by atoms with Gasteiger partial charge in [0.15, 0.2) is 0 Å². The number of nitrogens with zero attached hydrogens (tertiary/aromatic N) is 5. The van der Waals surface area contributed by atoms with Crippen LogP contribution in [0.4, 0.5) is 0 Å². The van der Waals surface area contributed by atoms with Crippen molar-refractivity contribution in [2.75, 3.05) is 0 Å². The lowest BCUT2D eigenvalue weighted by Gasteiger charge is -1.90. The molecule has 2 heterocycles. The minimum Gasteiger partial charge on any atom is -0.447 e. The van der Waals surface area contributed by atoms with Crippen molar-refractivity contribution in [3.8, 4) is 0 Å². The van der Waals surface area contributed by atoms with Gasteiger partial charge in [0.2, 0.25) is 5.89 Å². The Morgan fingerprint density at radius 2 is 2.55 bits per heavy atom. The maximum Gasteiger partial charge on any atom is 0.215 e. The maximum atomic E-state index is 4.98. The highest BCUT2D eigenvalue weighted by molar-refractivity contribution is 4.79. The third-order valence-electron chi connectivity index (χ3n) is 1.17. The first-order valence-electron chi connectivity index (χ1n) is 3.04. The van der Waals surface area contributed by atoms with E-state index in [1.165, 1.54) is 17.3 Å². The largest absolute Gasteiger partial charge is 0.447 e. The average molecular weight is 151 g/mol. The van der Waals surface area contributed by atoms with E-state index in [1.807, 2.05) is 0 Å². The predicted molar refractivity (Wildman–Crippen MR) is 33.4 cm³/mol. The summed E-state index contributed by atoms with van der Waals surface area (Å²) < 4.78 is 6.51. The molecule has 0 amide bonds. The van der Waals surface area contributed by atoms with Crippen LogP contribution in [0, 0.1) is 0 Å². The molecule has 0 N–H and O–H groups in total. The first-order valence-corrected chi connectivity index (χ1v) is 3.04. The Morgan fingerprint density at radius 3 is 3.18 bits per heavy atom. The molecule has 0 aliphatic carbocycles. The van der Waals surface area contributed by atoms with Crippen LogP contribution < -0.4 is 0 Å². The van der Waals surface area contributed by atoms with Crippen molar-refractivity contribution in [2.45, 2.75) is 6.54 Å². The fourth-order valence-electron chi connectivity index (χ4n) is 0.722. The Hall–Kier alpha value is -1.72. The topological polar surface area (TPSA) is 69.6 Å². The summed E-state index contributed by atoms with van der Waals surface area (Å²) in [6, 6.07) is 0. The van der Waals surface area contributed by atoms with Crippen molar-refractivity contribution in [3.05, 3.63) is 24.7 Å². The van der Waals surface area contributed by atoms with Gasteiger partial charge in [-0.25, -0.2) is 9.67 Å². The minimum absolute atomic E-state index is 0.472. The zero-order valence-electron chi connectivity index (χ0n) is 5.58. The Morgan fingerprint density at radius 1 is 1.55 bits per heavy atom. The van der Waals surface area contributed by atoms with Crippen LogP contribution in [0.3, 0.4) is 0 Å². The third kappa shape index (κ3) is 1.23. The van der Waals surface area contributed by atoms with E-state index in [-0.39, 0.29) is 0 Å². The monoisotopic (exact) mass is 151 g/mol. The van der Waals surface area contributed by atoms with Crippen LogP contribution in [0.15, 0.2) is 23.2 Å². The van der Waals surface area contributed by atoms with Crippen molar-refractivity contribution in [3.63, 3.8) is 0 Å². The Balaban J connectivity index is 2.14. The molecule has 0 radical (unpaired) electrons. The van der Waals surface area contributed by atoms with Crippen LogP contribution in [0.1, 0.15) is 5.89 Å². The average Bonchev–Trinajstić information content (AvgIpc) is 2.60. The van der Waals surface area contributed by atoms with Gasteiger partial charge in [0, 0.05) is 0 Å². The SMILES string of the molecule is c1coc(Cn2cnnn2)n1. The molecule has 2 aromatic heterocycles. The molecule has 0 spiro atoms. The molecule has 0 aromatic carbocycles. The van der Waals surface area contributed by atoms with Crippen LogP contribution in [0.25, 0.3) is 0 Å². The maximum absolute atomic E-state index is 4.98. The number of hydrogen-bond acceptors (Lipinski definition) is 5. The quantitative estimate of drug-likeness (QED) is 0.589. The highest BCUT2D eigenvalue weighted by atomic mass is 16.3. The number of hydrogen-bond donors (Lipinski definition) is 0. The van der Waals surface area contributed by atoms with Crippen LogP contribution >= 0.6 is 0 Å². The summed E-state index contributed by atoms with van der Waals surface area (Å²) in [4.78, 5) is 3.91. The number of oxazole rings is 1. The zero-order chi connectivity index (χ0) is 7.52. The fourth-order valence-corrected chi connectivity index (χ4v) is 0.722. The van der Waals surface area contributed by atoms with Gasteiger partial charge < -0.3 is 4.42 Å². The second-order valence-electron chi connectivity index (χ2n) is 1.93. The van der Waals surface area contributed by atoms with E-state index < -0.39 is 0 Å². The molecule has 0 bridgehead atoms. The van der Waals surface area contributed by atoms with Gasteiger partial charge in [-0.15, -0.1) is 5.10 Å². The van der Waals surface area contributed by atoms with Gasteiger partial charge in [-0.2, -0.15) is 0 Å². The van der Waals surface area contributed by atoms with E-state index in [0.717, 1.165) is 0 Å². The van der Waals surface area contributed by atoms with Crippen molar-refractivity contribution < 1.29 is 4.42 Å². The summed E-state index contributed by atoms with van der Waals surface area (Å²) >= 11 is 0. The summed E-state index contributed by atoms with van der Waals surface area (Å²) in [5.41, 5.74) is 0. The second-order valence-corrected chi connectivity index (χ2v) is 1.93. The lowest BCUT2D eigenvalue weighted by Crippen LogP contribution is -2.00. The lowest BCUT2D eigenvalue weighted by molar-refractivity contribution is 0.460. The molecule has 0 unspecified atom stereocenters. The highest BCUT2D eigenvalue weighted by Gasteiger charge is 1.98. The van der Waals surface area contributed by atoms with Gasteiger partial charge in [-0.1, -0.05) is 0 Å². The van der Waals surface area contributed by atoms with E-state index in [2.05, 4.69) is 20.5 Å². The molecule has 0 saturated carbocycles. The lowest BCUT2D eigenvalue weighted by atomic mass is 10.6. The molecule has 0 aliphatic heterocycles. The van der Waals surface area contributed by atoms with E-state index in [0.29, 0.717) is 12.4 Å². The van der Waals surface area contributed by atoms with Gasteiger partial charge in [0.1, 0.15) is 19.1 Å². The Bertz CT molecular complexity index is 267. The van der Waals surface area contributed by atoms with Crippen LogP contribution in [0.2, 0.25) is 0 Å². The van der Waals surface area contributed by atoms with Crippen molar-refractivity contribution in [2.24, 2.45) is 0 Å². The van der Waals surface area contributed by atoms with E-state index in [1.54, 1.807) is 6.20 Å². The molecule has 0 saturated heterocycles. The second kappa shape index (κ2) is 2.49.